The van der Waals surface area contributed by atoms with Crippen LogP contribution in [0.15, 0.2) is 109 Å². The minimum atomic E-state index is -0.740. The number of esters is 6. The molecule has 0 bridgehead atoms. The Labute approximate surface area is 298 Å². The molecule has 0 amide bonds. The van der Waals surface area contributed by atoms with Gasteiger partial charge < -0.3 is 28.4 Å². The van der Waals surface area contributed by atoms with Crippen molar-refractivity contribution in [3.05, 3.63) is 143 Å². The van der Waals surface area contributed by atoms with Crippen molar-refractivity contribution in [2.75, 3.05) is 13.6 Å². The fourth-order valence-corrected chi connectivity index (χ4v) is 5.09. The first kappa shape index (κ1) is 36.5. The zero-order valence-corrected chi connectivity index (χ0v) is 28.4. The highest BCUT2D eigenvalue weighted by molar-refractivity contribution is 5.96. The first-order valence-electron chi connectivity index (χ1n) is 15.7. The lowest BCUT2D eigenvalue weighted by Crippen LogP contribution is -2.14. The summed E-state index contributed by atoms with van der Waals surface area (Å²) in [5.41, 5.74) is 4.72. The maximum absolute atomic E-state index is 12.9. The van der Waals surface area contributed by atoms with Gasteiger partial charge in [-0.15, -0.1) is 0 Å². The molecule has 12 nitrogen and oxygen atoms in total. The summed E-state index contributed by atoms with van der Waals surface area (Å²) in [5, 5.41) is 0. The van der Waals surface area contributed by atoms with Gasteiger partial charge in [-0.3, -0.25) is 0 Å². The Kier molecular flexibility index (Phi) is 11.1. The molecule has 0 spiro atoms. The van der Waals surface area contributed by atoms with Crippen molar-refractivity contribution in [3.8, 4) is 22.6 Å². The van der Waals surface area contributed by atoms with Gasteiger partial charge in [-0.1, -0.05) is 32.2 Å². The number of hydrogen-bond acceptors (Lipinski definition) is 12. The summed E-state index contributed by atoms with van der Waals surface area (Å²) >= 11 is 0. The number of hydrogen-bond donors (Lipinski definition) is 0. The molecule has 0 N–H and O–H groups in total. The van der Waals surface area contributed by atoms with E-state index in [2.05, 4.69) is 13.2 Å². The maximum Gasteiger partial charge on any atom is 0.343 e. The molecular formula is C40H32O12. The number of rotatable bonds is 12. The summed E-state index contributed by atoms with van der Waals surface area (Å²) in [4.78, 5) is 73.1. The summed E-state index contributed by atoms with van der Waals surface area (Å²) in [5.74, 6) is -3.62. The first-order valence-corrected chi connectivity index (χ1v) is 15.7. The van der Waals surface area contributed by atoms with Crippen molar-refractivity contribution < 1.29 is 57.2 Å². The summed E-state index contributed by atoms with van der Waals surface area (Å²) in [6.07, 6.45) is 0. The Morgan fingerprint density at radius 1 is 0.500 bits per heavy atom. The second kappa shape index (κ2) is 15.8. The molecule has 0 atom stereocenters. The third-order valence-electron chi connectivity index (χ3n) is 7.86. The normalized spacial score (nSPS) is 11.3. The van der Waals surface area contributed by atoms with Gasteiger partial charge in [0.05, 0.1) is 22.3 Å². The predicted molar refractivity (Wildman–Crippen MR) is 185 cm³/mol. The van der Waals surface area contributed by atoms with Crippen LogP contribution in [0.4, 0.5) is 0 Å². The fraction of sp³-hybridized carbons (Fsp3) is 0.150. The number of carbonyl (C=O) groups is 6. The predicted octanol–water partition coefficient (Wildman–Crippen LogP) is 6.72. The Morgan fingerprint density at radius 2 is 0.827 bits per heavy atom. The molecule has 0 unspecified atom stereocenters. The largest absolute Gasteiger partial charge is 0.425 e. The second-order valence-corrected chi connectivity index (χ2v) is 11.7. The average molecular weight is 705 g/mol. The molecule has 0 fully saturated rings. The van der Waals surface area contributed by atoms with Crippen molar-refractivity contribution in [2.45, 2.75) is 26.7 Å². The third kappa shape index (κ3) is 8.48. The Morgan fingerprint density at radius 3 is 1.15 bits per heavy atom. The van der Waals surface area contributed by atoms with E-state index in [0.717, 1.165) is 22.3 Å². The molecule has 5 rings (SSSR count). The zero-order chi connectivity index (χ0) is 37.5. The van der Waals surface area contributed by atoms with Crippen LogP contribution in [-0.2, 0) is 28.5 Å². The molecule has 0 saturated carbocycles. The molecule has 12 heteroatoms. The highest BCUT2D eigenvalue weighted by Crippen LogP contribution is 2.47. The number of fused-ring (bicyclic) bond motifs is 3. The SMILES string of the molecule is C=C(C)C(=O)OCOC(=O)c1ccc(C(=O)Oc2ccc3c(c2)C(C)c2cc(OC(=O)c4ccc(C(=O)OCOC(=O)C(=C)C)cc4)ccc2-3)cc1. The minimum absolute atomic E-state index is 0.123. The van der Waals surface area contributed by atoms with E-state index >= 15 is 0 Å². The van der Waals surface area contributed by atoms with Crippen LogP contribution in [0, 0.1) is 0 Å². The zero-order valence-electron chi connectivity index (χ0n) is 28.4. The highest BCUT2D eigenvalue weighted by atomic mass is 16.7. The van der Waals surface area contributed by atoms with Gasteiger partial charge in [0.1, 0.15) is 11.5 Å². The van der Waals surface area contributed by atoms with E-state index in [1.165, 1.54) is 62.4 Å². The third-order valence-corrected chi connectivity index (χ3v) is 7.86. The molecule has 1 aliphatic rings. The summed E-state index contributed by atoms with van der Waals surface area (Å²) in [7, 11) is 0. The maximum atomic E-state index is 12.9. The average Bonchev–Trinajstić information content (AvgIpc) is 3.41. The topological polar surface area (TPSA) is 158 Å². The van der Waals surface area contributed by atoms with Gasteiger partial charge in [0, 0.05) is 17.1 Å². The second-order valence-electron chi connectivity index (χ2n) is 11.7. The van der Waals surface area contributed by atoms with Crippen LogP contribution in [0.3, 0.4) is 0 Å². The van der Waals surface area contributed by atoms with E-state index in [-0.39, 0.29) is 39.3 Å². The molecule has 1 aliphatic carbocycles. The summed E-state index contributed by atoms with van der Waals surface area (Å²) < 4.78 is 30.6. The molecule has 0 aliphatic heterocycles. The Balaban J connectivity index is 1.17. The first-order chi connectivity index (χ1) is 24.8. The van der Waals surface area contributed by atoms with Crippen molar-refractivity contribution in [1.82, 2.24) is 0 Å². The number of carbonyl (C=O) groups excluding carboxylic acids is 6. The van der Waals surface area contributed by atoms with E-state index in [4.69, 9.17) is 28.4 Å². The van der Waals surface area contributed by atoms with Gasteiger partial charge in [0.25, 0.3) is 0 Å². The van der Waals surface area contributed by atoms with E-state index in [9.17, 15) is 28.8 Å². The van der Waals surface area contributed by atoms with Gasteiger partial charge in [-0.05, 0) is 109 Å². The molecule has 0 saturated heterocycles. The molecule has 264 valence electrons. The van der Waals surface area contributed by atoms with Crippen LogP contribution in [-0.4, -0.2) is 49.4 Å². The Hall–Kier alpha value is -6.82. The van der Waals surface area contributed by atoms with Crippen LogP contribution in [0.5, 0.6) is 11.5 Å². The van der Waals surface area contributed by atoms with Gasteiger partial charge in [0.2, 0.25) is 13.6 Å². The number of benzene rings is 4. The van der Waals surface area contributed by atoms with Crippen molar-refractivity contribution in [2.24, 2.45) is 0 Å². The van der Waals surface area contributed by atoms with E-state index in [1.807, 2.05) is 19.1 Å². The van der Waals surface area contributed by atoms with Gasteiger partial charge in [0.15, 0.2) is 0 Å². The fourth-order valence-electron chi connectivity index (χ4n) is 5.09. The van der Waals surface area contributed by atoms with E-state index in [1.54, 1.807) is 24.3 Å². The molecule has 4 aromatic rings. The molecule has 0 heterocycles. The van der Waals surface area contributed by atoms with Gasteiger partial charge >= 0.3 is 35.8 Å². The molecular weight excluding hydrogens is 672 g/mol. The summed E-state index contributed by atoms with van der Waals surface area (Å²) in [6.45, 7) is 10.7. The van der Waals surface area contributed by atoms with Crippen LogP contribution < -0.4 is 9.47 Å². The van der Waals surface area contributed by atoms with Crippen LogP contribution in [0.2, 0.25) is 0 Å². The number of ether oxygens (including phenoxy) is 6. The molecule has 0 aromatic heterocycles. The smallest absolute Gasteiger partial charge is 0.343 e. The minimum Gasteiger partial charge on any atom is -0.425 e. The standard InChI is InChI=1S/C40H32O12/c1-22(2)35(41)47-20-49-37(43)25-6-10-27(11-7-25)39(45)51-29-14-16-31-32-17-15-30(19-34(32)24(5)33(31)18-29)52-40(46)28-12-8-26(9-13-28)38(44)50-21-48-36(42)23(3)4/h6-19,24H,1,3,20-21H2,2,4-5H3. The molecule has 4 aromatic carbocycles. The quantitative estimate of drug-likeness (QED) is 0.0664. The highest BCUT2D eigenvalue weighted by Gasteiger charge is 2.27. The van der Waals surface area contributed by atoms with Gasteiger partial charge in [-0.25, -0.2) is 28.8 Å². The lowest BCUT2D eigenvalue weighted by molar-refractivity contribution is -0.148. The lowest BCUT2D eigenvalue weighted by atomic mass is 9.99. The van der Waals surface area contributed by atoms with Crippen molar-refractivity contribution in [1.29, 1.82) is 0 Å². The van der Waals surface area contributed by atoms with E-state index in [0.29, 0.717) is 11.5 Å². The van der Waals surface area contributed by atoms with Crippen LogP contribution >= 0.6 is 0 Å². The van der Waals surface area contributed by atoms with Crippen LogP contribution in [0.1, 0.15) is 79.2 Å². The monoisotopic (exact) mass is 704 g/mol. The summed E-state index contributed by atoms with van der Waals surface area (Å²) in [6, 6.07) is 21.9. The lowest BCUT2D eigenvalue weighted by Gasteiger charge is -2.10. The molecule has 52 heavy (non-hydrogen) atoms. The van der Waals surface area contributed by atoms with E-state index < -0.39 is 49.4 Å². The van der Waals surface area contributed by atoms with Crippen molar-refractivity contribution in [3.63, 3.8) is 0 Å². The van der Waals surface area contributed by atoms with Crippen LogP contribution in [0.25, 0.3) is 11.1 Å². The molecule has 0 radical (unpaired) electrons. The Bertz CT molecular complexity index is 1960. The van der Waals surface area contributed by atoms with Gasteiger partial charge in [-0.2, -0.15) is 0 Å². The van der Waals surface area contributed by atoms with Crippen molar-refractivity contribution >= 4 is 35.8 Å².